The molecule has 2 N–H and O–H groups in total. The Morgan fingerprint density at radius 3 is 2.54 bits per heavy atom. The van der Waals surface area contributed by atoms with E-state index < -0.39 is 11.7 Å². The minimum Gasteiger partial charge on any atom is -0.495 e. The van der Waals surface area contributed by atoms with E-state index in [-0.39, 0.29) is 5.56 Å². The highest BCUT2D eigenvalue weighted by atomic mass is 35.5. The Kier molecular flexibility index (Phi) is 4.46. The Balaban J connectivity index is 1.91. The molecular weight excluding hydrogens is 351 g/mol. The molecule has 0 bridgehead atoms. The number of aromatic amines is 1. The quantitative estimate of drug-likeness (QED) is 0.536. The maximum Gasteiger partial charge on any atom is 0.296 e. The van der Waals surface area contributed by atoms with Crippen LogP contribution in [-0.2, 0) is 4.79 Å². The van der Waals surface area contributed by atoms with Crippen LogP contribution in [0.1, 0.15) is 10.4 Å². The molecule has 0 unspecified atom stereocenters. The summed E-state index contributed by atoms with van der Waals surface area (Å²) in [6.45, 7) is 0. The molecule has 122 valence electrons. The number of ketones is 1. The van der Waals surface area contributed by atoms with Crippen molar-refractivity contribution in [3.63, 3.8) is 0 Å². The van der Waals surface area contributed by atoms with Crippen LogP contribution < -0.4 is 10.1 Å². The number of rotatable bonds is 4. The summed E-state index contributed by atoms with van der Waals surface area (Å²) < 4.78 is 5.15. The maximum atomic E-state index is 12.5. The first-order valence-electron chi connectivity index (χ1n) is 6.95. The number of hydrogen-bond acceptors (Lipinski definition) is 3. The number of nitrogens with one attached hydrogen (secondary N) is 2. The fourth-order valence-electron chi connectivity index (χ4n) is 2.36. The van der Waals surface area contributed by atoms with Gasteiger partial charge in [0.1, 0.15) is 5.75 Å². The third-order valence-corrected chi connectivity index (χ3v) is 3.97. The molecule has 1 heterocycles. The normalized spacial score (nSPS) is 10.6. The van der Waals surface area contributed by atoms with Gasteiger partial charge < -0.3 is 15.0 Å². The van der Waals surface area contributed by atoms with Crippen LogP contribution in [0.4, 0.5) is 5.69 Å². The van der Waals surface area contributed by atoms with E-state index in [1.165, 1.54) is 19.4 Å². The standard InChI is InChI=1S/C17H12Cl2N2O3/c1-24-15-5-3-10(19)7-14(15)21-17(23)16(22)12-8-20-13-4-2-9(18)6-11(12)13/h2-8,20H,1H3,(H,21,23). The second-order valence-corrected chi connectivity index (χ2v) is 5.89. The van der Waals surface area contributed by atoms with Gasteiger partial charge in [0.05, 0.1) is 18.4 Å². The van der Waals surface area contributed by atoms with Crippen LogP contribution in [0.5, 0.6) is 5.75 Å². The summed E-state index contributed by atoms with van der Waals surface area (Å²) in [5.41, 5.74) is 1.28. The SMILES string of the molecule is COc1ccc(Cl)cc1NC(=O)C(=O)c1c[nH]c2ccc(Cl)cc12. The van der Waals surface area contributed by atoms with Gasteiger partial charge in [-0.05, 0) is 36.4 Å². The molecule has 1 aromatic heterocycles. The zero-order valence-electron chi connectivity index (χ0n) is 12.5. The van der Waals surface area contributed by atoms with E-state index in [0.717, 1.165) is 5.52 Å². The molecule has 7 heteroatoms. The van der Waals surface area contributed by atoms with Crippen molar-refractivity contribution >= 4 is 51.5 Å². The summed E-state index contributed by atoms with van der Waals surface area (Å²) >= 11 is 11.9. The zero-order valence-corrected chi connectivity index (χ0v) is 14.0. The Hall–Kier alpha value is -2.50. The van der Waals surface area contributed by atoms with Gasteiger partial charge in [-0.25, -0.2) is 0 Å². The van der Waals surface area contributed by atoms with Gasteiger partial charge in [-0.3, -0.25) is 9.59 Å². The number of fused-ring (bicyclic) bond motifs is 1. The number of carbonyl (C=O) groups is 2. The van der Waals surface area contributed by atoms with E-state index in [2.05, 4.69) is 10.3 Å². The van der Waals surface area contributed by atoms with E-state index in [0.29, 0.717) is 26.9 Å². The lowest BCUT2D eigenvalue weighted by Gasteiger charge is -2.09. The number of amides is 1. The molecule has 0 atom stereocenters. The molecule has 0 saturated carbocycles. The summed E-state index contributed by atoms with van der Waals surface area (Å²) in [4.78, 5) is 27.7. The molecule has 3 rings (SSSR count). The number of carbonyl (C=O) groups excluding carboxylic acids is 2. The monoisotopic (exact) mass is 362 g/mol. The fourth-order valence-corrected chi connectivity index (χ4v) is 2.70. The number of anilines is 1. The highest BCUT2D eigenvalue weighted by molar-refractivity contribution is 6.48. The van der Waals surface area contributed by atoms with Crippen molar-refractivity contribution < 1.29 is 14.3 Å². The van der Waals surface area contributed by atoms with Crippen LogP contribution >= 0.6 is 23.2 Å². The average molecular weight is 363 g/mol. The van der Waals surface area contributed by atoms with Crippen molar-refractivity contribution in [1.82, 2.24) is 4.98 Å². The first-order chi connectivity index (χ1) is 11.5. The lowest BCUT2D eigenvalue weighted by Crippen LogP contribution is -2.23. The van der Waals surface area contributed by atoms with Crippen LogP contribution in [0, 0.1) is 0 Å². The molecule has 0 aliphatic rings. The van der Waals surface area contributed by atoms with Crippen molar-refractivity contribution in [2.75, 3.05) is 12.4 Å². The van der Waals surface area contributed by atoms with Gasteiger partial charge in [0.15, 0.2) is 0 Å². The van der Waals surface area contributed by atoms with Crippen molar-refractivity contribution in [3.8, 4) is 5.75 Å². The lowest BCUT2D eigenvalue weighted by atomic mass is 10.1. The molecule has 1 amide bonds. The van der Waals surface area contributed by atoms with E-state index >= 15 is 0 Å². The van der Waals surface area contributed by atoms with E-state index in [9.17, 15) is 9.59 Å². The molecule has 0 saturated heterocycles. The average Bonchev–Trinajstić information content (AvgIpc) is 2.97. The minimum atomic E-state index is -0.795. The van der Waals surface area contributed by atoms with Crippen LogP contribution in [0.3, 0.4) is 0 Å². The van der Waals surface area contributed by atoms with Gasteiger partial charge in [0.2, 0.25) is 0 Å². The number of Topliss-reactive ketones (excluding diaryl/α,β-unsaturated/α-hetero) is 1. The predicted molar refractivity (Wildman–Crippen MR) is 94.3 cm³/mol. The molecule has 0 aliphatic carbocycles. The number of ether oxygens (including phenoxy) is 1. The molecule has 0 fully saturated rings. The Morgan fingerprint density at radius 1 is 1.08 bits per heavy atom. The summed E-state index contributed by atoms with van der Waals surface area (Å²) in [5.74, 6) is -1.08. The van der Waals surface area contributed by atoms with Crippen molar-refractivity contribution in [2.45, 2.75) is 0 Å². The topological polar surface area (TPSA) is 71.2 Å². The highest BCUT2D eigenvalue weighted by Gasteiger charge is 2.21. The summed E-state index contributed by atoms with van der Waals surface area (Å²) in [7, 11) is 1.46. The molecule has 2 aromatic carbocycles. The number of aromatic nitrogens is 1. The van der Waals surface area contributed by atoms with E-state index in [4.69, 9.17) is 27.9 Å². The van der Waals surface area contributed by atoms with Crippen LogP contribution in [0.2, 0.25) is 10.0 Å². The molecule has 3 aromatic rings. The number of hydrogen-bond donors (Lipinski definition) is 2. The van der Waals surface area contributed by atoms with Crippen molar-refractivity contribution in [3.05, 3.63) is 58.2 Å². The summed E-state index contributed by atoms with van der Waals surface area (Å²) in [5, 5.41) is 4.00. The van der Waals surface area contributed by atoms with Gasteiger partial charge in [-0.2, -0.15) is 0 Å². The second-order valence-electron chi connectivity index (χ2n) is 5.02. The van der Waals surface area contributed by atoms with Gasteiger partial charge in [-0.15, -0.1) is 0 Å². The number of H-pyrrole nitrogens is 1. The van der Waals surface area contributed by atoms with E-state index in [1.807, 2.05) is 0 Å². The minimum absolute atomic E-state index is 0.242. The van der Waals surface area contributed by atoms with Crippen molar-refractivity contribution in [2.24, 2.45) is 0 Å². The molecular formula is C17H12Cl2N2O3. The third-order valence-electron chi connectivity index (χ3n) is 3.50. The smallest absolute Gasteiger partial charge is 0.296 e. The van der Waals surface area contributed by atoms with Crippen molar-refractivity contribution in [1.29, 1.82) is 0 Å². The number of benzene rings is 2. The Bertz CT molecular complexity index is 950. The van der Waals surface area contributed by atoms with Crippen LogP contribution in [0.15, 0.2) is 42.6 Å². The Labute approximate surface area is 147 Å². The maximum absolute atomic E-state index is 12.5. The first kappa shape index (κ1) is 16.4. The van der Waals surface area contributed by atoms with Crippen LogP contribution in [-0.4, -0.2) is 23.8 Å². The molecule has 24 heavy (non-hydrogen) atoms. The molecule has 0 spiro atoms. The molecule has 0 radical (unpaired) electrons. The largest absolute Gasteiger partial charge is 0.495 e. The Morgan fingerprint density at radius 2 is 1.79 bits per heavy atom. The van der Waals surface area contributed by atoms with E-state index in [1.54, 1.807) is 30.3 Å². The third kappa shape index (κ3) is 3.09. The van der Waals surface area contributed by atoms with Gasteiger partial charge in [-0.1, -0.05) is 23.2 Å². The first-order valence-corrected chi connectivity index (χ1v) is 7.71. The van der Waals surface area contributed by atoms with Gasteiger partial charge in [0, 0.05) is 27.1 Å². The molecule has 5 nitrogen and oxygen atoms in total. The summed E-state index contributed by atoms with van der Waals surface area (Å²) in [6, 6.07) is 9.82. The molecule has 0 aliphatic heterocycles. The predicted octanol–water partition coefficient (Wildman–Crippen LogP) is 4.30. The van der Waals surface area contributed by atoms with Gasteiger partial charge >= 0.3 is 0 Å². The van der Waals surface area contributed by atoms with Crippen LogP contribution in [0.25, 0.3) is 10.9 Å². The highest BCUT2D eigenvalue weighted by Crippen LogP contribution is 2.28. The zero-order chi connectivity index (χ0) is 17.3. The second kappa shape index (κ2) is 6.55. The number of halogens is 2. The van der Waals surface area contributed by atoms with Gasteiger partial charge in [0.25, 0.3) is 11.7 Å². The lowest BCUT2D eigenvalue weighted by molar-refractivity contribution is -0.112. The number of methoxy groups -OCH3 is 1. The summed E-state index contributed by atoms with van der Waals surface area (Å²) in [6.07, 6.45) is 1.48. The fraction of sp³-hybridized carbons (Fsp3) is 0.0588.